The highest BCUT2D eigenvalue weighted by Gasteiger charge is 2.58. The molecule has 1 aliphatic carbocycles. The Balaban J connectivity index is 2.10. The van der Waals surface area contributed by atoms with Crippen LogP contribution in [0.3, 0.4) is 0 Å². The number of methoxy groups -OCH3 is 2. The Morgan fingerprint density at radius 2 is 1.68 bits per heavy atom. The average Bonchev–Trinajstić information content (AvgIpc) is 2.83. The molecule has 0 bridgehead atoms. The standard InChI is InChI=1S/C19H16O6/c1-10-5-4-6-12-15(10)18(22)19(23,17(12)21)16(20)11-7-8-13(24-2)14(9-11)25-3/h4-9,23H,1-3H3. The van der Waals surface area contributed by atoms with Gasteiger partial charge in [-0.3, -0.25) is 14.4 Å². The monoisotopic (exact) mass is 340 g/mol. The zero-order chi connectivity index (χ0) is 18.4. The molecule has 3 rings (SSSR count). The van der Waals surface area contributed by atoms with Crippen LogP contribution < -0.4 is 9.47 Å². The molecule has 0 amide bonds. The van der Waals surface area contributed by atoms with Crippen LogP contribution in [0, 0.1) is 6.92 Å². The van der Waals surface area contributed by atoms with E-state index in [0.29, 0.717) is 11.3 Å². The van der Waals surface area contributed by atoms with Crippen LogP contribution in [0.25, 0.3) is 0 Å². The first-order valence-electron chi connectivity index (χ1n) is 7.54. The van der Waals surface area contributed by atoms with Crippen LogP contribution in [0.5, 0.6) is 11.5 Å². The van der Waals surface area contributed by atoms with Crippen molar-refractivity contribution in [2.24, 2.45) is 0 Å². The van der Waals surface area contributed by atoms with Gasteiger partial charge < -0.3 is 14.6 Å². The molecule has 2 aromatic rings. The minimum atomic E-state index is -2.76. The molecule has 0 aromatic heterocycles. The fourth-order valence-electron chi connectivity index (χ4n) is 3.03. The molecule has 0 spiro atoms. The molecule has 1 N–H and O–H groups in total. The molecular weight excluding hydrogens is 324 g/mol. The molecular formula is C19H16O6. The highest BCUT2D eigenvalue weighted by molar-refractivity contribution is 6.44. The smallest absolute Gasteiger partial charge is 0.254 e. The van der Waals surface area contributed by atoms with Gasteiger partial charge in [0.2, 0.25) is 17.3 Å². The summed E-state index contributed by atoms with van der Waals surface area (Å²) in [5.41, 5.74) is -2.10. The van der Waals surface area contributed by atoms with Gasteiger partial charge in [0.05, 0.1) is 14.2 Å². The van der Waals surface area contributed by atoms with E-state index in [0.717, 1.165) is 0 Å². The number of ketones is 3. The van der Waals surface area contributed by atoms with E-state index in [1.54, 1.807) is 19.1 Å². The molecule has 2 aromatic carbocycles. The summed E-state index contributed by atoms with van der Waals surface area (Å²) in [6.07, 6.45) is 0. The van der Waals surface area contributed by atoms with Gasteiger partial charge in [0.1, 0.15) is 0 Å². The van der Waals surface area contributed by atoms with E-state index < -0.39 is 23.0 Å². The lowest BCUT2D eigenvalue weighted by atomic mass is 9.88. The molecule has 0 radical (unpaired) electrons. The Morgan fingerprint density at radius 3 is 2.28 bits per heavy atom. The first kappa shape index (κ1) is 16.9. The van der Waals surface area contributed by atoms with Gasteiger partial charge in [0.25, 0.3) is 5.60 Å². The van der Waals surface area contributed by atoms with Crippen LogP contribution in [-0.4, -0.2) is 42.3 Å². The lowest BCUT2D eigenvalue weighted by molar-refractivity contribution is 0.0316. The summed E-state index contributed by atoms with van der Waals surface area (Å²) in [5, 5.41) is 10.8. The third-order valence-electron chi connectivity index (χ3n) is 4.38. The number of rotatable bonds is 4. The summed E-state index contributed by atoms with van der Waals surface area (Å²) in [6.45, 7) is 1.65. The van der Waals surface area contributed by atoms with Gasteiger partial charge in [0.15, 0.2) is 11.5 Å². The van der Waals surface area contributed by atoms with Crippen molar-refractivity contribution in [2.45, 2.75) is 12.5 Å². The van der Waals surface area contributed by atoms with Crippen LogP contribution in [0.15, 0.2) is 36.4 Å². The molecule has 1 aliphatic rings. The number of Topliss-reactive ketones (excluding diaryl/α,β-unsaturated/α-hetero) is 3. The molecule has 0 saturated heterocycles. The first-order chi connectivity index (χ1) is 11.9. The summed E-state index contributed by atoms with van der Waals surface area (Å²) in [6, 6.07) is 8.86. The third kappa shape index (κ3) is 2.26. The van der Waals surface area contributed by atoms with Gasteiger partial charge in [-0.05, 0) is 30.7 Å². The van der Waals surface area contributed by atoms with E-state index in [1.165, 1.54) is 38.5 Å². The van der Waals surface area contributed by atoms with E-state index in [1.807, 2.05) is 0 Å². The van der Waals surface area contributed by atoms with Gasteiger partial charge >= 0.3 is 0 Å². The normalized spacial score (nSPS) is 18.9. The Bertz CT molecular complexity index is 914. The molecule has 0 heterocycles. The maximum Gasteiger partial charge on any atom is 0.254 e. The van der Waals surface area contributed by atoms with E-state index in [4.69, 9.17) is 9.47 Å². The SMILES string of the molecule is COc1ccc(C(=O)C2(O)C(=O)c3cccc(C)c3C2=O)cc1OC. The Morgan fingerprint density at radius 1 is 1.00 bits per heavy atom. The molecule has 1 unspecified atom stereocenters. The Hall–Kier alpha value is -2.99. The van der Waals surface area contributed by atoms with Gasteiger partial charge in [-0.2, -0.15) is 0 Å². The van der Waals surface area contributed by atoms with Crippen molar-refractivity contribution in [3.8, 4) is 11.5 Å². The summed E-state index contributed by atoms with van der Waals surface area (Å²) >= 11 is 0. The molecule has 6 nitrogen and oxygen atoms in total. The van der Waals surface area contributed by atoms with Crippen LogP contribution in [0.4, 0.5) is 0 Å². The number of fused-ring (bicyclic) bond motifs is 1. The second-order valence-electron chi connectivity index (χ2n) is 5.77. The van der Waals surface area contributed by atoms with Crippen LogP contribution in [-0.2, 0) is 0 Å². The van der Waals surface area contributed by atoms with Crippen molar-refractivity contribution in [1.29, 1.82) is 0 Å². The third-order valence-corrected chi connectivity index (χ3v) is 4.38. The maximum atomic E-state index is 12.8. The fourth-order valence-corrected chi connectivity index (χ4v) is 3.03. The van der Waals surface area contributed by atoms with Crippen molar-refractivity contribution in [1.82, 2.24) is 0 Å². The Labute approximate surface area is 144 Å². The number of hydrogen-bond acceptors (Lipinski definition) is 6. The van der Waals surface area contributed by atoms with Crippen LogP contribution in [0.1, 0.15) is 36.6 Å². The van der Waals surface area contributed by atoms with E-state index >= 15 is 0 Å². The van der Waals surface area contributed by atoms with Crippen molar-refractivity contribution in [3.05, 3.63) is 58.7 Å². The van der Waals surface area contributed by atoms with Crippen LogP contribution in [0.2, 0.25) is 0 Å². The first-order valence-corrected chi connectivity index (χ1v) is 7.54. The molecule has 6 heteroatoms. The number of carbonyl (C=O) groups is 3. The quantitative estimate of drug-likeness (QED) is 0.676. The van der Waals surface area contributed by atoms with Crippen molar-refractivity contribution >= 4 is 17.3 Å². The zero-order valence-electron chi connectivity index (χ0n) is 14.0. The van der Waals surface area contributed by atoms with Crippen molar-refractivity contribution < 1.29 is 29.0 Å². The lowest BCUT2D eigenvalue weighted by Crippen LogP contribution is -2.49. The van der Waals surface area contributed by atoms with Gasteiger partial charge in [-0.25, -0.2) is 0 Å². The molecule has 0 aliphatic heterocycles. The predicted molar refractivity (Wildman–Crippen MR) is 88.7 cm³/mol. The van der Waals surface area contributed by atoms with Gasteiger partial charge in [-0.15, -0.1) is 0 Å². The van der Waals surface area contributed by atoms with Crippen molar-refractivity contribution in [2.75, 3.05) is 14.2 Å². The topological polar surface area (TPSA) is 89.9 Å². The molecule has 25 heavy (non-hydrogen) atoms. The lowest BCUT2D eigenvalue weighted by Gasteiger charge is -2.18. The summed E-state index contributed by atoms with van der Waals surface area (Å²) in [5.74, 6) is -2.15. The van der Waals surface area contributed by atoms with Gasteiger partial charge in [-0.1, -0.05) is 18.2 Å². The number of aliphatic hydroxyl groups is 1. The fraction of sp³-hybridized carbons (Fsp3) is 0.211. The maximum absolute atomic E-state index is 12.8. The van der Waals surface area contributed by atoms with Gasteiger partial charge in [0, 0.05) is 16.7 Å². The largest absolute Gasteiger partial charge is 0.493 e. The highest BCUT2D eigenvalue weighted by atomic mass is 16.5. The predicted octanol–water partition coefficient (Wildman–Crippen LogP) is 2.01. The van der Waals surface area contributed by atoms with Crippen LogP contribution >= 0.6 is 0 Å². The molecule has 1 atom stereocenters. The highest BCUT2D eigenvalue weighted by Crippen LogP contribution is 2.36. The number of ether oxygens (including phenoxy) is 2. The second kappa shape index (κ2) is 5.82. The number of hydrogen-bond donors (Lipinski definition) is 1. The zero-order valence-corrected chi connectivity index (χ0v) is 14.0. The van der Waals surface area contributed by atoms with E-state index in [-0.39, 0.29) is 22.4 Å². The minimum absolute atomic E-state index is 0.0210. The average molecular weight is 340 g/mol. The molecule has 0 fully saturated rings. The molecule has 0 saturated carbocycles. The minimum Gasteiger partial charge on any atom is -0.493 e. The van der Waals surface area contributed by atoms with E-state index in [9.17, 15) is 19.5 Å². The number of aryl methyl sites for hydroxylation is 1. The van der Waals surface area contributed by atoms with E-state index in [2.05, 4.69) is 0 Å². The summed E-state index contributed by atoms with van der Waals surface area (Å²) < 4.78 is 10.2. The van der Waals surface area contributed by atoms with Crippen molar-refractivity contribution in [3.63, 3.8) is 0 Å². The second-order valence-corrected chi connectivity index (χ2v) is 5.77. The number of benzene rings is 2. The Kier molecular flexibility index (Phi) is 3.93. The molecule has 128 valence electrons. The summed E-state index contributed by atoms with van der Waals surface area (Å²) in [4.78, 5) is 38.2. The number of carbonyl (C=O) groups excluding carboxylic acids is 3. The summed E-state index contributed by atoms with van der Waals surface area (Å²) in [7, 11) is 2.84.